The predicted octanol–water partition coefficient (Wildman–Crippen LogP) is 3.23. The van der Waals surface area contributed by atoms with Gasteiger partial charge in [0, 0.05) is 13.0 Å². The topological polar surface area (TPSA) is 64.6 Å². The molecule has 0 saturated carbocycles. The summed E-state index contributed by atoms with van der Waals surface area (Å²) in [5.74, 6) is 0.101. The first-order valence-corrected chi connectivity index (χ1v) is 9.27. The molecule has 5 heteroatoms. The minimum absolute atomic E-state index is 0.209. The third kappa shape index (κ3) is 7.13. The van der Waals surface area contributed by atoms with Crippen LogP contribution in [0.4, 0.5) is 0 Å². The Hall–Kier alpha value is -2.82. The molecule has 2 aromatic carbocycles. The molecule has 0 aromatic heterocycles. The van der Waals surface area contributed by atoms with E-state index in [4.69, 9.17) is 9.47 Å². The van der Waals surface area contributed by atoms with Crippen LogP contribution in [0.2, 0.25) is 0 Å². The third-order valence-electron chi connectivity index (χ3n) is 4.21. The highest BCUT2D eigenvalue weighted by Crippen LogP contribution is 2.19. The summed E-state index contributed by atoms with van der Waals surface area (Å²) in [7, 11) is 0. The second-order valence-electron chi connectivity index (χ2n) is 6.23. The summed E-state index contributed by atoms with van der Waals surface area (Å²) < 4.78 is 10.6. The van der Waals surface area contributed by atoms with E-state index in [0.29, 0.717) is 19.6 Å². The van der Waals surface area contributed by atoms with Crippen LogP contribution in [0.15, 0.2) is 48.5 Å². The lowest BCUT2D eigenvalue weighted by molar-refractivity contribution is -0.148. The molecular formula is C22H27NO4. The maximum Gasteiger partial charge on any atom is 0.306 e. The van der Waals surface area contributed by atoms with Crippen LogP contribution in [0.25, 0.3) is 0 Å². The summed E-state index contributed by atoms with van der Waals surface area (Å²) in [5.41, 5.74) is 3.35. The summed E-state index contributed by atoms with van der Waals surface area (Å²) >= 11 is 0. The molecule has 27 heavy (non-hydrogen) atoms. The van der Waals surface area contributed by atoms with Crippen molar-refractivity contribution in [2.75, 3.05) is 19.8 Å². The number of hydrogen-bond acceptors (Lipinski definition) is 4. The van der Waals surface area contributed by atoms with E-state index < -0.39 is 5.97 Å². The first-order chi connectivity index (χ1) is 13.1. The van der Waals surface area contributed by atoms with Crippen LogP contribution >= 0.6 is 0 Å². The molecule has 1 N–H and O–H groups in total. The molecule has 0 atom stereocenters. The van der Waals surface area contributed by atoms with E-state index in [1.165, 1.54) is 11.1 Å². The number of hydrogen-bond donors (Lipinski definition) is 1. The van der Waals surface area contributed by atoms with Crippen molar-refractivity contribution in [1.29, 1.82) is 0 Å². The molecule has 144 valence electrons. The summed E-state index contributed by atoms with van der Waals surface area (Å²) in [6.07, 6.45) is 1.48. The number of carbonyl (C=O) groups excluding carboxylic acids is 2. The van der Waals surface area contributed by atoms with Gasteiger partial charge < -0.3 is 14.8 Å². The fourth-order valence-electron chi connectivity index (χ4n) is 2.74. The van der Waals surface area contributed by atoms with Gasteiger partial charge >= 0.3 is 5.97 Å². The average Bonchev–Trinajstić information content (AvgIpc) is 2.67. The standard InChI is InChI=1S/C22H27NO4/c1-3-26-20-11-7-6-10-19(20)12-13-22(25)27-16-21(24)23-15-14-18-9-5-4-8-17(18)2/h4-11H,3,12-16H2,1-2H3,(H,23,24). The second-order valence-corrected chi connectivity index (χ2v) is 6.23. The second kappa shape index (κ2) is 11.0. The number of esters is 1. The zero-order valence-corrected chi connectivity index (χ0v) is 16.0. The molecule has 0 aliphatic carbocycles. The van der Waals surface area contributed by atoms with E-state index in [1.54, 1.807) is 0 Å². The monoisotopic (exact) mass is 369 g/mol. The van der Waals surface area contributed by atoms with Gasteiger partial charge in [-0.25, -0.2) is 0 Å². The van der Waals surface area contributed by atoms with Crippen LogP contribution in [0.5, 0.6) is 5.75 Å². The molecular weight excluding hydrogens is 342 g/mol. The van der Waals surface area contributed by atoms with Gasteiger partial charge in [0.05, 0.1) is 6.61 Å². The van der Waals surface area contributed by atoms with Crippen molar-refractivity contribution < 1.29 is 19.1 Å². The van der Waals surface area contributed by atoms with E-state index in [9.17, 15) is 9.59 Å². The number of rotatable bonds is 10. The Morgan fingerprint density at radius 3 is 2.41 bits per heavy atom. The Bertz CT molecular complexity index is 757. The molecule has 0 fully saturated rings. The average molecular weight is 369 g/mol. The van der Waals surface area contributed by atoms with Gasteiger partial charge in [-0.3, -0.25) is 9.59 Å². The normalized spacial score (nSPS) is 10.3. The molecule has 0 radical (unpaired) electrons. The third-order valence-corrected chi connectivity index (χ3v) is 4.21. The lowest BCUT2D eigenvalue weighted by Gasteiger charge is -2.10. The van der Waals surface area contributed by atoms with E-state index in [0.717, 1.165) is 17.7 Å². The van der Waals surface area contributed by atoms with Crippen molar-refractivity contribution in [2.45, 2.75) is 33.1 Å². The van der Waals surface area contributed by atoms with Gasteiger partial charge in [0.2, 0.25) is 0 Å². The zero-order chi connectivity index (χ0) is 19.5. The number of ether oxygens (including phenoxy) is 2. The number of para-hydroxylation sites is 1. The van der Waals surface area contributed by atoms with Crippen molar-refractivity contribution in [2.24, 2.45) is 0 Å². The van der Waals surface area contributed by atoms with Crippen LogP contribution in [0, 0.1) is 6.92 Å². The van der Waals surface area contributed by atoms with Gasteiger partial charge in [0.15, 0.2) is 6.61 Å². The van der Waals surface area contributed by atoms with Gasteiger partial charge in [-0.15, -0.1) is 0 Å². The van der Waals surface area contributed by atoms with E-state index in [-0.39, 0.29) is 18.9 Å². The van der Waals surface area contributed by atoms with Gasteiger partial charge in [-0.05, 0) is 49.4 Å². The molecule has 2 rings (SSSR count). The Balaban J connectivity index is 1.66. The Morgan fingerprint density at radius 2 is 1.67 bits per heavy atom. The molecule has 2 aromatic rings. The Kier molecular flexibility index (Phi) is 8.36. The molecule has 5 nitrogen and oxygen atoms in total. The number of amides is 1. The minimum Gasteiger partial charge on any atom is -0.494 e. The number of nitrogens with one attached hydrogen (secondary N) is 1. The smallest absolute Gasteiger partial charge is 0.306 e. The van der Waals surface area contributed by atoms with Crippen molar-refractivity contribution in [3.05, 3.63) is 65.2 Å². The Morgan fingerprint density at radius 1 is 0.963 bits per heavy atom. The minimum atomic E-state index is -0.393. The van der Waals surface area contributed by atoms with Crippen molar-refractivity contribution in [1.82, 2.24) is 5.32 Å². The summed E-state index contributed by atoms with van der Waals surface area (Å²) in [6.45, 7) is 4.80. The fourth-order valence-corrected chi connectivity index (χ4v) is 2.74. The van der Waals surface area contributed by atoms with Crippen LogP contribution in [0.1, 0.15) is 30.0 Å². The van der Waals surface area contributed by atoms with Gasteiger partial charge in [-0.1, -0.05) is 42.5 Å². The fraction of sp³-hybridized carbons (Fsp3) is 0.364. The van der Waals surface area contributed by atoms with Crippen LogP contribution < -0.4 is 10.1 Å². The summed E-state index contributed by atoms with van der Waals surface area (Å²) in [6, 6.07) is 15.7. The number of carbonyl (C=O) groups is 2. The zero-order valence-electron chi connectivity index (χ0n) is 16.0. The summed E-state index contributed by atoms with van der Waals surface area (Å²) in [4.78, 5) is 23.7. The molecule has 0 aliphatic heterocycles. The molecule has 0 heterocycles. The molecule has 0 bridgehead atoms. The molecule has 0 spiro atoms. The lowest BCUT2D eigenvalue weighted by Crippen LogP contribution is -2.30. The van der Waals surface area contributed by atoms with Crippen LogP contribution in [-0.2, 0) is 27.2 Å². The predicted molar refractivity (Wildman–Crippen MR) is 105 cm³/mol. The highest BCUT2D eigenvalue weighted by atomic mass is 16.5. The number of benzene rings is 2. The van der Waals surface area contributed by atoms with Gasteiger partial charge in [0.1, 0.15) is 5.75 Å². The van der Waals surface area contributed by atoms with E-state index in [1.807, 2.05) is 62.4 Å². The molecule has 0 saturated heterocycles. The SMILES string of the molecule is CCOc1ccccc1CCC(=O)OCC(=O)NCCc1ccccc1C. The molecule has 1 amide bonds. The van der Waals surface area contributed by atoms with Crippen molar-refractivity contribution in [3.63, 3.8) is 0 Å². The molecule has 0 unspecified atom stereocenters. The van der Waals surface area contributed by atoms with Gasteiger partial charge in [0.25, 0.3) is 5.91 Å². The highest BCUT2D eigenvalue weighted by Gasteiger charge is 2.10. The van der Waals surface area contributed by atoms with Crippen LogP contribution in [-0.4, -0.2) is 31.6 Å². The maximum atomic E-state index is 11.9. The first kappa shape index (κ1) is 20.5. The quantitative estimate of drug-likeness (QED) is 0.653. The number of aryl methyl sites for hydroxylation is 2. The molecule has 0 aliphatic rings. The highest BCUT2D eigenvalue weighted by molar-refractivity contribution is 5.80. The largest absolute Gasteiger partial charge is 0.494 e. The van der Waals surface area contributed by atoms with Gasteiger partial charge in [-0.2, -0.15) is 0 Å². The lowest BCUT2D eigenvalue weighted by atomic mass is 10.1. The Labute approximate surface area is 160 Å². The first-order valence-electron chi connectivity index (χ1n) is 9.27. The van der Waals surface area contributed by atoms with Crippen LogP contribution in [0.3, 0.4) is 0 Å². The van der Waals surface area contributed by atoms with E-state index >= 15 is 0 Å². The van der Waals surface area contributed by atoms with Crippen molar-refractivity contribution >= 4 is 11.9 Å². The maximum absolute atomic E-state index is 11.9. The summed E-state index contributed by atoms with van der Waals surface area (Å²) in [5, 5.41) is 2.78. The van der Waals surface area contributed by atoms with E-state index in [2.05, 4.69) is 5.32 Å². The van der Waals surface area contributed by atoms with Crippen molar-refractivity contribution in [3.8, 4) is 5.75 Å².